The number of carbonyl (C=O) groups excluding carboxylic acids is 1. The monoisotopic (exact) mass is 262 g/mol. The van der Waals surface area contributed by atoms with Crippen molar-refractivity contribution >= 4 is 5.91 Å². The van der Waals surface area contributed by atoms with Crippen LogP contribution in [0.3, 0.4) is 0 Å². The van der Waals surface area contributed by atoms with Crippen LogP contribution in [0.2, 0.25) is 0 Å². The quantitative estimate of drug-likeness (QED) is 0.839. The minimum absolute atomic E-state index is 0.0428. The van der Waals surface area contributed by atoms with E-state index in [0.717, 1.165) is 25.2 Å². The molecule has 19 heavy (non-hydrogen) atoms. The molecule has 0 spiro atoms. The lowest BCUT2D eigenvalue weighted by Gasteiger charge is -2.24. The second kappa shape index (κ2) is 4.93. The molecule has 1 amide bonds. The van der Waals surface area contributed by atoms with Crippen LogP contribution in [0.5, 0.6) is 0 Å². The highest BCUT2D eigenvalue weighted by Crippen LogP contribution is 2.26. The first-order valence-corrected chi connectivity index (χ1v) is 6.93. The van der Waals surface area contributed by atoms with E-state index < -0.39 is 0 Å². The maximum absolute atomic E-state index is 13.4. The van der Waals surface area contributed by atoms with Gasteiger partial charge in [-0.3, -0.25) is 4.79 Å². The normalized spacial score (nSPS) is 26.3. The van der Waals surface area contributed by atoms with Gasteiger partial charge in [-0.05, 0) is 56.0 Å². The summed E-state index contributed by atoms with van der Waals surface area (Å²) in [5.74, 6) is 0.184. The topological polar surface area (TPSA) is 32.3 Å². The van der Waals surface area contributed by atoms with Crippen molar-refractivity contribution in [3.8, 4) is 0 Å². The number of nitrogens with one attached hydrogen (secondary N) is 1. The van der Waals surface area contributed by atoms with Gasteiger partial charge >= 0.3 is 0 Å². The Morgan fingerprint density at radius 1 is 1.37 bits per heavy atom. The van der Waals surface area contributed by atoms with Gasteiger partial charge in [0.15, 0.2) is 0 Å². The molecule has 1 N–H and O–H groups in total. The molecular formula is C15H19FN2O. The molecule has 0 unspecified atom stereocenters. The van der Waals surface area contributed by atoms with Crippen molar-refractivity contribution in [3.05, 3.63) is 35.1 Å². The number of rotatable bonds is 1. The molecule has 2 fully saturated rings. The van der Waals surface area contributed by atoms with Gasteiger partial charge in [-0.15, -0.1) is 0 Å². The molecule has 2 saturated heterocycles. The van der Waals surface area contributed by atoms with Crippen LogP contribution in [0.25, 0.3) is 0 Å². The zero-order valence-electron chi connectivity index (χ0n) is 11.2. The fourth-order valence-corrected chi connectivity index (χ4v) is 3.25. The maximum Gasteiger partial charge on any atom is 0.254 e. The number of carbonyl (C=O) groups is 1. The van der Waals surface area contributed by atoms with E-state index in [1.54, 1.807) is 6.07 Å². The number of nitrogens with zero attached hydrogens (tertiary/aromatic N) is 1. The molecule has 1 aromatic rings. The van der Waals surface area contributed by atoms with Crippen molar-refractivity contribution in [2.24, 2.45) is 5.92 Å². The van der Waals surface area contributed by atoms with E-state index >= 15 is 0 Å². The van der Waals surface area contributed by atoms with E-state index in [4.69, 9.17) is 0 Å². The van der Waals surface area contributed by atoms with Gasteiger partial charge in [-0.25, -0.2) is 4.39 Å². The van der Waals surface area contributed by atoms with Gasteiger partial charge in [-0.2, -0.15) is 0 Å². The van der Waals surface area contributed by atoms with E-state index in [-0.39, 0.29) is 11.7 Å². The first-order chi connectivity index (χ1) is 9.13. The van der Waals surface area contributed by atoms with Gasteiger partial charge in [0, 0.05) is 24.7 Å². The fourth-order valence-electron chi connectivity index (χ4n) is 3.25. The molecule has 2 atom stereocenters. The molecule has 102 valence electrons. The first-order valence-electron chi connectivity index (χ1n) is 6.93. The Morgan fingerprint density at radius 2 is 2.21 bits per heavy atom. The van der Waals surface area contributed by atoms with Gasteiger partial charge in [0.1, 0.15) is 5.82 Å². The second-order valence-electron chi connectivity index (χ2n) is 5.69. The van der Waals surface area contributed by atoms with Crippen molar-refractivity contribution in [1.82, 2.24) is 10.2 Å². The predicted octanol–water partition coefficient (Wildman–Crippen LogP) is 1.96. The van der Waals surface area contributed by atoms with E-state index in [2.05, 4.69) is 5.32 Å². The van der Waals surface area contributed by atoms with Crippen LogP contribution in [0.4, 0.5) is 4.39 Å². The predicted molar refractivity (Wildman–Crippen MR) is 71.6 cm³/mol. The molecular weight excluding hydrogens is 243 g/mol. The van der Waals surface area contributed by atoms with Crippen molar-refractivity contribution in [2.45, 2.75) is 25.8 Å². The molecule has 4 heteroatoms. The average molecular weight is 262 g/mol. The summed E-state index contributed by atoms with van der Waals surface area (Å²) in [6.07, 6.45) is 2.37. The molecule has 2 heterocycles. The summed E-state index contributed by atoms with van der Waals surface area (Å²) in [6, 6.07) is 4.97. The van der Waals surface area contributed by atoms with Gasteiger partial charge in [0.25, 0.3) is 5.91 Å². The zero-order valence-corrected chi connectivity index (χ0v) is 11.2. The molecule has 1 aromatic carbocycles. The zero-order chi connectivity index (χ0) is 13.4. The lowest BCUT2D eigenvalue weighted by Crippen LogP contribution is -2.41. The van der Waals surface area contributed by atoms with Crippen LogP contribution in [-0.4, -0.2) is 36.5 Å². The van der Waals surface area contributed by atoms with Crippen molar-refractivity contribution in [1.29, 1.82) is 0 Å². The Kier molecular flexibility index (Phi) is 3.27. The molecule has 0 bridgehead atoms. The smallest absolute Gasteiger partial charge is 0.254 e. The lowest BCUT2D eigenvalue weighted by atomic mass is 9.94. The van der Waals surface area contributed by atoms with E-state index in [1.807, 2.05) is 11.8 Å². The highest BCUT2D eigenvalue weighted by atomic mass is 19.1. The largest absolute Gasteiger partial charge is 0.337 e. The summed E-state index contributed by atoms with van der Waals surface area (Å²) in [6.45, 7) is 4.40. The molecule has 2 aliphatic heterocycles. The Morgan fingerprint density at radius 3 is 2.95 bits per heavy atom. The highest BCUT2D eigenvalue weighted by Gasteiger charge is 2.36. The van der Waals surface area contributed by atoms with Crippen molar-refractivity contribution in [2.75, 3.05) is 19.6 Å². The Balaban J connectivity index is 1.77. The Bertz CT molecular complexity index is 469. The summed E-state index contributed by atoms with van der Waals surface area (Å²) in [5, 5.41) is 3.47. The maximum atomic E-state index is 13.4. The average Bonchev–Trinajstić information content (AvgIpc) is 2.80. The molecule has 2 aliphatic rings. The van der Waals surface area contributed by atoms with Crippen LogP contribution in [-0.2, 0) is 0 Å². The number of fused-ring (bicyclic) bond motifs is 1. The van der Waals surface area contributed by atoms with Gasteiger partial charge in [-0.1, -0.05) is 0 Å². The summed E-state index contributed by atoms with van der Waals surface area (Å²) in [4.78, 5) is 14.3. The summed E-state index contributed by atoms with van der Waals surface area (Å²) in [7, 11) is 0. The summed E-state index contributed by atoms with van der Waals surface area (Å²) >= 11 is 0. The van der Waals surface area contributed by atoms with Crippen molar-refractivity contribution in [3.63, 3.8) is 0 Å². The standard InChI is InChI=1S/C15H19FN2O/c1-10-5-12(7-13(16)6-10)15(19)18-8-11-3-2-4-17-14(11)9-18/h5-7,11,14,17H,2-4,8-9H2,1H3/t11-,14+/m0/s1. The number of likely N-dealkylation sites (tertiary alicyclic amines) is 1. The molecule has 0 aromatic heterocycles. The third kappa shape index (κ3) is 2.50. The molecule has 3 rings (SSSR count). The van der Waals surface area contributed by atoms with Crippen LogP contribution in [0.15, 0.2) is 18.2 Å². The lowest BCUT2D eigenvalue weighted by molar-refractivity contribution is 0.0785. The molecule has 3 nitrogen and oxygen atoms in total. The van der Waals surface area contributed by atoms with Gasteiger partial charge < -0.3 is 10.2 Å². The summed E-state index contributed by atoms with van der Waals surface area (Å²) in [5.41, 5.74) is 1.26. The fraction of sp³-hybridized carbons (Fsp3) is 0.533. The van der Waals surface area contributed by atoms with Gasteiger partial charge in [0.2, 0.25) is 0 Å². The third-order valence-electron chi connectivity index (χ3n) is 4.18. The van der Waals surface area contributed by atoms with E-state index in [1.165, 1.54) is 25.0 Å². The number of hydrogen-bond acceptors (Lipinski definition) is 2. The van der Waals surface area contributed by atoms with Crippen molar-refractivity contribution < 1.29 is 9.18 Å². The van der Waals surface area contributed by atoms with E-state index in [0.29, 0.717) is 17.5 Å². The number of halogens is 1. The summed E-state index contributed by atoms with van der Waals surface area (Å²) < 4.78 is 13.4. The number of aryl methyl sites for hydroxylation is 1. The number of benzene rings is 1. The van der Waals surface area contributed by atoms with Crippen LogP contribution >= 0.6 is 0 Å². The Hall–Kier alpha value is -1.42. The highest BCUT2D eigenvalue weighted by molar-refractivity contribution is 5.94. The second-order valence-corrected chi connectivity index (χ2v) is 5.69. The number of hydrogen-bond donors (Lipinski definition) is 1. The number of amides is 1. The first kappa shape index (κ1) is 12.6. The number of piperidine rings is 1. The van der Waals surface area contributed by atoms with E-state index in [9.17, 15) is 9.18 Å². The van der Waals surface area contributed by atoms with Crippen LogP contribution in [0, 0.1) is 18.7 Å². The van der Waals surface area contributed by atoms with Crippen LogP contribution < -0.4 is 5.32 Å². The minimum Gasteiger partial charge on any atom is -0.337 e. The minimum atomic E-state index is -0.335. The molecule has 0 radical (unpaired) electrons. The SMILES string of the molecule is Cc1cc(F)cc(C(=O)N2C[C@@H]3CCCN[C@@H]3C2)c1. The van der Waals surface area contributed by atoms with Gasteiger partial charge in [0.05, 0.1) is 0 Å². The Labute approximate surface area is 112 Å². The molecule has 0 saturated carbocycles. The van der Waals surface area contributed by atoms with Crippen LogP contribution in [0.1, 0.15) is 28.8 Å². The molecule has 0 aliphatic carbocycles. The third-order valence-corrected chi connectivity index (χ3v) is 4.18.